The summed E-state index contributed by atoms with van der Waals surface area (Å²) in [5.74, 6) is 1.80. The van der Waals surface area contributed by atoms with Gasteiger partial charge in [-0.3, -0.25) is 0 Å². The molecular formula is C57H32N4OS. The Balaban J connectivity index is 1.05. The second-order valence-corrected chi connectivity index (χ2v) is 17.3. The Bertz CT molecular complexity index is 4220. The van der Waals surface area contributed by atoms with E-state index in [4.69, 9.17) is 19.4 Å². The highest BCUT2D eigenvalue weighted by molar-refractivity contribution is 7.26. The summed E-state index contributed by atoms with van der Waals surface area (Å²) >= 11 is 1.77. The minimum absolute atomic E-state index is 0.562. The van der Waals surface area contributed by atoms with Crippen molar-refractivity contribution >= 4 is 108 Å². The molecule has 4 heterocycles. The Labute approximate surface area is 363 Å². The number of furan rings is 1. The SMILES string of the molecule is c1ccc(-c2nc(-c3cccc4c3oc3c5ccccc5c(-n5c6cc7ccccc7cc6c6c7ccccc7ccc65)cc43)nc(-c3cccc4c3sc3ccccc34)n2)cc1. The minimum atomic E-state index is 0.562. The van der Waals surface area contributed by atoms with E-state index in [1.54, 1.807) is 11.3 Å². The molecule has 14 aromatic rings. The minimum Gasteiger partial charge on any atom is -0.455 e. The summed E-state index contributed by atoms with van der Waals surface area (Å²) in [6.07, 6.45) is 0. The summed E-state index contributed by atoms with van der Waals surface area (Å²) in [5.41, 5.74) is 7.72. The molecule has 14 rings (SSSR count). The van der Waals surface area contributed by atoms with Gasteiger partial charge in [0.05, 0.1) is 22.3 Å². The maximum absolute atomic E-state index is 7.11. The predicted octanol–water partition coefficient (Wildman–Crippen LogP) is 15.7. The van der Waals surface area contributed by atoms with E-state index in [0.29, 0.717) is 17.5 Å². The van der Waals surface area contributed by atoms with E-state index in [0.717, 1.165) is 70.8 Å². The Kier molecular flexibility index (Phi) is 7.21. The third-order valence-electron chi connectivity index (χ3n) is 12.8. The molecule has 0 radical (unpaired) electrons. The molecule has 0 aliphatic heterocycles. The van der Waals surface area contributed by atoms with E-state index in [1.165, 1.54) is 47.8 Å². The summed E-state index contributed by atoms with van der Waals surface area (Å²) in [6.45, 7) is 0. The van der Waals surface area contributed by atoms with Crippen LogP contribution < -0.4 is 0 Å². The molecule has 0 saturated heterocycles. The van der Waals surface area contributed by atoms with Crippen LogP contribution in [0.1, 0.15) is 0 Å². The Hall–Kier alpha value is -8.19. The van der Waals surface area contributed by atoms with Crippen molar-refractivity contribution in [3.8, 4) is 39.9 Å². The van der Waals surface area contributed by atoms with Crippen molar-refractivity contribution < 1.29 is 4.42 Å². The third-order valence-corrected chi connectivity index (χ3v) is 14.0. The zero-order chi connectivity index (χ0) is 41.2. The van der Waals surface area contributed by atoms with Gasteiger partial charge in [0, 0.05) is 63.6 Å². The number of hydrogen-bond donors (Lipinski definition) is 0. The number of fused-ring (bicyclic) bond motifs is 14. The Morgan fingerprint density at radius 2 is 1.00 bits per heavy atom. The van der Waals surface area contributed by atoms with E-state index in [-0.39, 0.29) is 0 Å². The van der Waals surface area contributed by atoms with Crippen LogP contribution in [0.2, 0.25) is 0 Å². The third kappa shape index (κ3) is 5.07. The van der Waals surface area contributed by atoms with Gasteiger partial charge in [-0.05, 0) is 64.0 Å². The van der Waals surface area contributed by atoms with Gasteiger partial charge in [0.1, 0.15) is 11.2 Å². The van der Waals surface area contributed by atoms with Crippen molar-refractivity contribution in [1.29, 1.82) is 0 Å². The topological polar surface area (TPSA) is 56.7 Å². The largest absolute Gasteiger partial charge is 0.455 e. The fourth-order valence-electron chi connectivity index (χ4n) is 9.95. The van der Waals surface area contributed by atoms with Gasteiger partial charge in [-0.1, -0.05) is 152 Å². The van der Waals surface area contributed by atoms with E-state index < -0.39 is 0 Å². The number of rotatable bonds is 4. The predicted molar refractivity (Wildman–Crippen MR) is 263 cm³/mol. The lowest BCUT2D eigenvalue weighted by atomic mass is 10.0. The molecule has 0 amide bonds. The van der Waals surface area contributed by atoms with Gasteiger partial charge in [0.25, 0.3) is 0 Å². The molecule has 4 aromatic heterocycles. The van der Waals surface area contributed by atoms with Crippen LogP contribution in [-0.4, -0.2) is 19.5 Å². The van der Waals surface area contributed by atoms with Gasteiger partial charge in [0.15, 0.2) is 17.5 Å². The maximum atomic E-state index is 7.11. The van der Waals surface area contributed by atoms with E-state index in [1.807, 2.05) is 18.2 Å². The van der Waals surface area contributed by atoms with Gasteiger partial charge < -0.3 is 8.98 Å². The Morgan fingerprint density at radius 1 is 0.381 bits per heavy atom. The molecule has 5 nitrogen and oxygen atoms in total. The number of benzene rings is 10. The maximum Gasteiger partial charge on any atom is 0.167 e. The van der Waals surface area contributed by atoms with Crippen LogP contribution in [0.15, 0.2) is 199 Å². The molecule has 0 saturated carbocycles. The van der Waals surface area contributed by atoms with E-state index in [9.17, 15) is 0 Å². The van der Waals surface area contributed by atoms with Crippen molar-refractivity contribution in [3.05, 3.63) is 194 Å². The average Bonchev–Trinajstić information content (AvgIpc) is 4.03. The highest BCUT2D eigenvalue weighted by atomic mass is 32.1. The summed E-state index contributed by atoms with van der Waals surface area (Å²) in [7, 11) is 0. The molecule has 6 heteroatoms. The second kappa shape index (κ2) is 13.2. The van der Waals surface area contributed by atoms with Crippen LogP contribution in [-0.2, 0) is 0 Å². The van der Waals surface area contributed by atoms with Crippen LogP contribution in [0, 0.1) is 0 Å². The van der Waals surface area contributed by atoms with Crippen molar-refractivity contribution in [2.24, 2.45) is 0 Å². The molecule has 63 heavy (non-hydrogen) atoms. The lowest BCUT2D eigenvalue weighted by Crippen LogP contribution is -2.00. The summed E-state index contributed by atoms with van der Waals surface area (Å²) in [6, 6.07) is 69.1. The van der Waals surface area contributed by atoms with Crippen LogP contribution in [0.25, 0.3) is 136 Å². The first kappa shape index (κ1) is 34.5. The number of para-hydroxylation sites is 1. The molecule has 0 spiro atoms. The van der Waals surface area contributed by atoms with Gasteiger partial charge in [-0.2, -0.15) is 0 Å². The van der Waals surface area contributed by atoms with Crippen LogP contribution in [0.3, 0.4) is 0 Å². The van der Waals surface area contributed by atoms with Crippen molar-refractivity contribution in [2.75, 3.05) is 0 Å². The fraction of sp³-hybridized carbons (Fsp3) is 0. The summed E-state index contributed by atoms with van der Waals surface area (Å²) in [4.78, 5) is 15.7. The molecule has 0 fully saturated rings. The average molecular weight is 821 g/mol. The van der Waals surface area contributed by atoms with Gasteiger partial charge in [-0.15, -0.1) is 11.3 Å². The van der Waals surface area contributed by atoms with E-state index in [2.05, 4.69) is 180 Å². The quantitative estimate of drug-likeness (QED) is 0.177. The highest BCUT2D eigenvalue weighted by Crippen LogP contribution is 2.45. The van der Waals surface area contributed by atoms with Crippen LogP contribution in [0.5, 0.6) is 0 Å². The number of hydrogen-bond acceptors (Lipinski definition) is 5. The zero-order valence-electron chi connectivity index (χ0n) is 33.6. The summed E-state index contributed by atoms with van der Waals surface area (Å²) in [5, 5.41) is 14.0. The molecule has 0 aliphatic carbocycles. The standard InChI is InChI=1S/C57H32N4OS/c1-2-15-34(16-3-1)55-58-56(60-57(59-55)44-26-13-24-42-39-21-10-11-27-50(39)63-54(42)44)43-25-12-23-41-45-32-49(38-20-8-9-22-40(38)53(45)62-52(41)43)61-47-29-28-33-14-6-7-19-37(33)51(47)46-30-35-17-4-5-18-36(35)31-48(46)61/h1-32H. The highest BCUT2D eigenvalue weighted by Gasteiger charge is 2.23. The van der Waals surface area contributed by atoms with Gasteiger partial charge in [-0.25, -0.2) is 15.0 Å². The molecule has 0 atom stereocenters. The fourth-order valence-corrected chi connectivity index (χ4v) is 11.2. The first-order valence-electron chi connectivity index (χ1n) is 21.2. The monoisotopic (exact) mass is 820 g/mol. The second-order valence-electron chi connectivity index (χ2n) is 16.3. The first-order valence-corrected chi connectivity index (χ1v) is 22.0. The van der Waals surface area contributed by atoms with Crippen molar-refractivity contribution in [1.82, 2.24) is 19.5 Å². The van der Waals surface area contributed by atoms with Crippen LogP contribution >= 0.6 is 11.3 Å². The molecule has 0 bridgehead atoms. The molecular weight excluding hydrogens is 789 g/mol. The molecule has 292 valence electrons. The van der Waals surface area contributed by atoms with Gasteiger partial charge in [0.2, 0.25) is 0 Å². The van der Waals surface area contributed by atoms with Gasteiger partial charge >= 0.3 is 0 Å². The van der Waals surface area contributed by atoms with Crippen molar-refractivity contribution in [3.63, 3.8) is 0 Å². The number of thiophene rings is 1. The molecule has 0 aliphatic rings. The van der Waals surface area contributed by atoms with Crippen molar-refractivity contribution in [2.45, 2.75) is 0 Å². The molecule has 0 unspecified atom stereocenters. The molecule has 0 N–H and O–H groups in total. The zero-order valence-corrected chi connectivity index (χ0v) is 34.4. The Morgan fingerprint density at radius 3 is 1.84 bits per heavy atom. The van der Waals surface area contributed by atoms with Crippen LogP contribution in [0.4, 0.5) is 0 Å². The first-order chi connectivity index (χ1) is 31.2. The number of aromatic nitrogens is 4. The smallest absolute Gasteiger partial charge is 0.167 e. The number of nitrogens with zero attached hydrogens (tertiary/aromatic N) is 4. The summed E-state index contributed by atoms with van der Waals surface area (Å²) < 4.78 is 12.0. The lowest BCUT2D eigenvalue weighted by molar-refractivity contribution is 0.673. The molecule has 10 aromatic carbocycles. The normalized spacial score (nSPS) is 12.1. The lowest BCUT2D eigenvalue weighted by Gasteiger charge is -2.13. The van der Waals surface area contributed by atoms with E-state index >= 15 is 0 Å².